The fourth-order valence-corrected chi connectivity index (χ4v) is 2.23. The van der Waals surface area contributed by atoms with Crippen LogP contribution in [0, 0.1) is 18.3 Å². The summed E-state index contributed by atoms with van der Waals surface area (Å²) in [6.45, 7) is 1.79. The zero-order valence-electron chi connectivity index (χ0n) is 9.99. The van der Waals surface area contributed by atoms with Crippen LogP contribution in [0.25, 0.3) is 0 Å². The number of carboxylic acids is 1. The highest BCUT2D eigenvalue weighted by atomic mass is 32.2. The molecule has 1 aromatic heterocycles. The highest BCUT2D eigenvalue weighted by Gasteiger charge is 2.06. The summed E-state index contributed by atoms with van der Waals surface area (Å²) in [7, 11) is 0. The molecule has 2 rings (SSSR count). The van der Waals surface area contributed by atoms with Gasteiger partial charge in [-0.25, -0.2) is 14.8 Å². The van der Waals surface area contributed by atoms with Crippen molar-refractivity contribution in [3.63, 3.8) is 0 Å². The maximum Gasteiger partial charge on any atom is 0.335 e. The van der Waals surface area contributed by atoms with Crippen LogP contribution in [0.1, 0.15) is 21.7 Å². The molecule has 5 nitrogen and oxygen atoms in total. The number of aromatic carboxylic acids is 1. The van der Waals surface area contributed by atoms with E-state index in [1.165, 1.54) is 23.9 Å². The summed E-state index contributed by atoms with van der Waals surface area (Å²) < 4.78 is 0. The molecule has 0 radical (unpaired) electrons. The van der Waals surface area contributed by atoms with Crippen LogP contribution in [0.3, 0.4) is 0 Å². The lowest BCUT2D eigenvalue weighted by atomic mass is 10.2. The van der Waals surface area contributed by atoms with E-state index in [1.807, 2.05) is 6.07 Å². The average Bonchev–Trinajstić information content (AvgIpc) is 2.38. The number of aromatic nitrogens is 2. The van der Waals surface area contributed by atoms with Crippen molar-refractivity contribution in [2.24, 2.45) is 0 Å². The Morgan fingerprint density at radius 1 is 1.32 bits per heavy atom. The van der Waals surface area contributed by atoms with Gasteiger partial charge in [0.1, 0.15) is 11.8 Å². The third kappa shape index (κ3) is 3.30. The minimum absolute atomic E-state index is 0.229. The maximum absolute atomic E-state index is 10.7. The molecule has 0 aliphatic carbocycles. The van der Waals surface area contributed by atoms with E-state index in [9.17, 15) is 4.79 Å². The van der Waals surface area contributed by atoms with E-state index in [0.717, 1.165) is 10.6 Å². The second kappa shape index (κ2) is 5.50. The summed E-state index contributed by atoms with van der Waals surface area (Å²) >= 11 is 1.29. The van der Waals surface area contributed by atoms with Crippen LogP contribution in [-0.2, 0) is 0 Å². The lowest BCUT2D eigenvalue weighted by molar-refractivity contribution is 0.0697. The highest BCUT2D eigenvalue weighted by Crippen LogP contribution is 2.25. The maximum atomic E-state index is 10.7. The first kappa shape index (κ1) is 13.1. The third-order valence-electron chi connectivity index (χ3n) is 2.26. The summed E-state index contributed by atoms with van der Waals surface area (Å²) in [5.74, 6) is -0.963. The van der Waals surface area contributed by atoms with Gasteiger partial charge < -0.3 is 5.11 Å². The third-order valence-corrected chi connectivity index (χ3v) is 3.13. The van der Waals surface area contributed by atoms with Gasteiger partial charge in [-0.3, -0.25) is 0 Å². The molecule has 0 fully saturated rings. The van der Waals surface area contributed by atoms with Crippen molar-refractivity contribution in [1.82, 2.24) is 9.97 Å². The van der Waals surface area contributed by atoms with Crippen molar-refractivity contribution < 1.29 is 9.90 Å². The SMILES string of the molecule is Cc1cc(C#N)nc(Sc2ccc(C(=O)O)cc2)n1. The molecular weight excluding hydrogens is 262 g/mol. The first-order valence-corrected chi connectivity index (χ1v) is 6.17. The van der Waals surface area contributed by atoms with Crippen molar-refractivity contribution >= 4 is 17.7 Å². The Kier molecular flexibility index (Phi) is 3.78. The summed E-state index contributed by atoms with van der Waals surface area (Å²) in [5, 5.41) is 18.1. The molecule has 0 aliphatic heterocycles. The van der Waals surface area contributed by atoms with Crippen LogP contribution >= 0.6 is 11.8 Å². The molecule has 6 heteroatoms. The normalized spacial score (nSPS) is 9.89. The van der Waals surface area contributed by atoms with Gasteiger partial charge in [-0.05, 0) is 49.0 Å². The summed E-state index contributed by atoms with van der Waals surface area (Å²) in [6.07, 6.45) is 0. The van der Waals surface area contributed by atoms with E-state index in [4.69, 9.17) is 10.4 Å². The number of nitriles is 1. The smallest absolute Gasteiger partial charge is 0.335 e. The molecule has 0 saturated carbocycles. The van der Waals surface area contributed by atoms with Crippen molar-refractivity contribution in [1.29, 1.82) is 5.26 Å². The van der Waals surface area contributed by atoms with Crippen LogP contribution in [0.5, 0.6) is 0 Å². The standard InChI is InChI=1S/C13H9N3O2S/c1-8-6-10(7-14)16-13(15-8)19-11-4-2-9(3-5-11)12(17)18/h2-6H,1H3,(H,17,18). The van der Waals surface area contributed by atoms with Crippen molar-refractivity contribution in [2.75, 3.05) is 0 Å². The predicted octanol–water partition coefficient (Wildman–Crippen LogP) is 2.51. The van der Waals surface area contributed by atoms with Crippen LogP contribution in [0.15, 0.2) is 40.4 Å². The topological polar surface area (TPSA) is 86.9 Å². The lowest BCUT2D eigenvalue weighted by Gasteiger charge is -2.02. The minimum Gasteiger partial charge on any atom is -0.478 e. The molecule has 0 atom stereocenters. The molecule has 19 heavy (non-hydrogen) atoms. The van der Waals surface area contributed by atoms with Gasteiger partial charge in [0.15, 0.2) is 5.16 Å². The Morgan fingerprint density at radius 2 is 2.00 bits per heavy atom. The van der Waals surface area contributed by atoms with Crippen LogP contribution < -0.4 is 0 Å². The molecule has 1 aromatic carbocycles. The van der Waals surface area contributed by atoms with Gasteiger partial charge >= 0.3 is 5.97 Å². The Labute approximate surface area is 113 Å². The highest BCUT2D eigenvalue weighted by molar-refractivity contribution is 7.99. The molecule has 0 saturated heterocycles. The Balaban J connectivity index is 2.24. The van der Waals surface area contributed by atoms with Crippen LogP contribution in [0.4, 0.5) is 0 Å². The van der Waals surface area contributed by atoms with Crippen LogP contribution in [0.2, 0.25) is 0 Å². The van der Waals surface area contributed by atoms with Gasteiger partial charge in [0.2, 0.25) is 0 Å². The number of aryl methyl sites for hydroxylation is 1. The number of benzene rings is 1. The van der Waals surface area contributed by atoms with E-state index in [1.54, 1.807) is 25.1 Å². The number of nitrogens with zero attached hydrogens (tertiary/aromatic N) is 3. The van der Waals surface area contributed by atoms with Gasteiger partial charge in [0, 0.05) is 10.6 Å². The molecule has 0 bridgehead atoms. The Bertz CT molecular complexity index is 663. The predicted molar refractivity (Wildman–Crippen MR) is 69.0 cm³/mol. The largest absolute Gasteiger partial charge is 0.478 e. The quantitative estimate of drug-likeness (QED) is 0.863. The summed E-state index contributed by atoms with van der Waals surface area (Å²) in [6, 6.07) is 10.00. The first-order chi connectivity index (χ1) is 9.08. The van der Waals surface area contributed by atoms with E-state index < -0.39 is 5.97 Å². The van der Waals surface area contributed by atoms with Crippen molar-refractivity contribution in [2.45, 2.75) is 17.0 Å². The number of hydrogen-bond donors (Lipinski definition) is 1. The molecule has 0 aliphatic rings. The average molecular weight is 271 g/mol. The minimum atomic E-state index is -0.963. The molecule has 0 spiro atoms. The van der Waals surface area contributed by atoms with Gasteiger partial charge in [-0.1, -0.05) is 0 Å². The van der Waals surface area contributed by atoms with Crippen molar-refractivity contribution in [3.05, 3.63) is 47.3 Å². The van der Waals surface area contributed by atoms with Gasteiger partial charge in [0.05, 0.1) is 5.56 Å². The molecule has 1 heterocycles. The lowest BCUT2D eigenvalue weighted by Crippen LogP contribution is -1.95. The number of hydrogen-bond acceptors (Lipinski definition) is 5. The zero-order chi connectivity index (χ0) is 13.8. The molecule has 94 valence electrons. The Hall–Kier alpha value is -2.39. The van der Waals surface area contributed by atoms with Crippen LogP contribution in [-0.4, -0.2) is 21.0 Å². The Morgan fingerprint density at radius 3 is 2.58 bits per heavy atom. The van der Waals surface area contributed by atoms with E-state index in [2.05, 4.69) is 9.97 Å². The van der Waals surface area contributed by atoms with E-state index in [0.29, 0.717) is 10.9 Å². The first-order valence-electron chi connectivity index (χ1n) is 5.35. The molecule has 0 unspecified atom stereocenters. The monoisotopic (exact) mass is 271 g/mol. The second-order valence-electron chi connectivity index (χ2n) is 3.72. The van der Waals surface area contributed by atoms with E-state index >= 15 is 0 Å². The number of carbonyl (C=O) groups is 1. The van der Waals surface area contributed by atoms with Gasteiger partial charge in [0.25, 0.3) is 0 Å². The summed E-state index contributed by atoms with van der Waals surface area (Å²) in [4.78, 5) is 19.8. The fraction of sp³-hybridized carbons (Fsp3) is 0.0769. The van der Waals surface area contributed by atoms with Gasteiger partial charge in [-0.15, -0.1) is 0 Å². The van der Waals surface area contributed by atoms with E-state index in [-0.39, 0.29) is 5.56 Å². The molecule has 2 aromatic rings. The summed E-state index contributed by atoms with van der Waals surface area (Å²) in [5.41, 5.74) is 1.26. The molecule has 1 N–H and O–H groups in total. The fourth-order valence-electron chi connectivity index (χ4n) is 1.42. The second-order valence-corrected chi connectivity index (χ2v) is 4.76. The van der Waals surface area contributed by atoms with Gasteiger partial charge in [-0.2, -0.15) is 5.26 Å². The molecule has 0 amide bonds. The molecular formula is C13H9N3O2S. The number of carboxylic acid groups (broad SMARTS) is 1. The zero-order valence-corrected chi connectivity index (χ0v) is 10.8. The number of rotatable bonds is 3. The van der Waals surface area contributed by atoms with Crippen molar-refractivity contribution in [3.8, 4) is 6.07 Å².